The van der Waals surface area contributed by atoms with Crippen LogP contribution in [0.4, 0.5) is 0 Å². The van der Waals surface area contributed by atoms with Crippen LogP contribution in [0, 0.1) is 22.7 Å². The molecule has 18 heavy (non-hydrogen) atoms. The molecular formula is C16H30N2. The van der Waals surface area contributed by atoms with Gasteiger partial charge in [0.2, 0.25) is 0 Å². The fraction of sp³-hybridized carbons (Fsp3) is 0.875. The summed E-state index contributed by atoms with van der Waals surface area (Å²) in [5, 5.41) is 0. The van der Waals surface area contributed by atoms with Crippen LogP contribution in [-0.2, 0) is 0 Å². The van der Waals surface area contributed by atoms with Crippen molar-refractivity contribution in [1.82, 2.24) is 9.80 Å². The molecule has 1 saturated heterocycles. The van der Waals surface area contributed by atoms with Gasteiger partial charge in [0.25, 0.3) is 0 Å². The second kappa shape index (κ2) is 6.08. The van der Waals surface area contributed by atoms with E-state index in [1.165, 1.54) is 19.6 Å². The van der Waals surface area contributed by atoms with Crippen LogP contribution in [-0.4, -0.2) is 49.1 Å². The Morgan fingerprint density at radius 2 is 1.33 bits per heavy atom. The summed E-state index contributed by atoms with van der Waals surface area (Å²) in [6, 6.07) is 0. The maximum Gasteiger partial charge on any atom is 0.0602 e. The maximum absolute atomic E-state index is 3.32. The molecule has 0 spiro atoms. The van der Waals surface area contributed by atoms with Crippen LogP contribution < -0.4 is 0 Å². The van der Waals surface area contributed by atoms with Gasteiger partial charge < -0.3 is 4.90 Å². The molecule has 1 rings (SSSR count). The molecule has 0 aromatic heterocycles. The predicted octanol–water partition coefficient (Wildman–Crippen LogP) is 2.70. The van der Waals surface area contributed by atoms with E-state index in [0.717, 1.165) is 19.6 Å². The van der Waals surface area contributed by atoms with Crippen molar-refractivity contribution < 1.29 is 0 Å². The summed E-state index contributed by atoms with van der Waals surface area (Å²) in [4.78, 5) is 5.05. The fourth-order valence-corrected chi connectivity index (χ4v) is 2.19. The van der Waals surface area contributed by atoms with Gasteiger partial charge in [0, 0.05) is 38.1 Å². The highest BCUT2D eigenvalue weighted by molar-refractivity contribution is 5.08. The first-order valence-corrected chi connectivity index (χ1v) is 7.10. The smallest absolute Gasteiger partial charge is 0.0602 e. The van der Waals surface area contributed by atoms with E-state index in [-0.39, 0.29) is 5.41 Å². The van der Waals surface area contributed by atoms with Gasteiger partial charge in [-0.2, -0.15) is 0 Å². The van der Waals surface area contributed by atoms with Crippen molar-refractivity contribution in [2.24, 2.45) is 10.8 Å². The van der Waals surface area contributed by atoms with Crippen molar-refractivity contribution >= 4 is 0 Å². The monoisotopic (exact) mass is 250 g/mol. The van der Waals surface area contributed by atoms with E-state index < -0.39 is 0 Å². The minimum Gasteiger partial charge on any atom is -0.300 e. The molecule has 2 nitrogen and oxygen atoms in total. The van der Waals surface area contributed by atoms with Crippen LogP contribution >= 0.6 is 0 Å². The molecule has 1 fully saturated rings. The molecule has 104 valence electrons. The molecule has 0 aromatic rings. The highest BCUT2D eigenvalue weighted by Gasteiger charge is 2.20. The first kappa shape index (κ1) is 15.5. The number of rotatable bonds is 2. The third-order valence-electron chi connectivity index (χ3n) is 2.93. The Kier molecular flexibility index (Phi) is 5.25. The largest absolute Gasteiger partial charge is 0.300 e. The Labute approximate surface area is 114 Å². The third kappa shape index (κ3) is 7.03. The van der Waals surface area contributed by atoms with Gasteiger partial charge in [-0.15, -0.1) is 0 Å². The van der Waals surface area contributed by atoms with Crippen molar-refractivity contribution in [1.29, 1.82) is 0 Å². The van der Waals surface area contributed by atoms with Gasteiger partial charge in [-0.05, 0) is 26.2 Å². The predicted molar refractivity (Wildman–Crippen MR) is 79.6 cm³/mol. The summed E-state index contributed by atoms with van der Waals surface area (Å²) in [6.07, 6.45) is 0. The zero-order valence-corrected chi connectivity index (χ0v) is 13.1. The van der Waals surface area contributed by atoms with E-state index in [1.807, 2.05) is 0 Å². The molecule has 1 aliphatic rings. The number of hydrogen-bond donors (Lipinski definition) is 0. The van der Waals surface area contributed by atoms with E-state index in [2.05, 4.69) is 63.2 Å². The average Bonchev–Trinajstić information content (AvgIpc) is 2.16. The molecule has 0 radical (unpaired) electrons. The number of piperazine rings is 1. The topological polar surface area (TPSA) is 6.48 Å². The van der Waals surface area contributed by atoms with Gasteiger partial charge in [-0.1, -0.05) is 32.6 Å². The molecule has 0 bridgehead atoms. The second-order valence-corrected chi connectivity index (χ2v) is 7.66. The van der Waals surface area contributed by atoms with E-state index in [0.29, 0.717) is 5.41 Å². The first-order valence-electron chi connectivity index (χ1n) is 7.10. The van der Waals surface area contributed by atoms with Crippen LogP contribution in [0.5, 0.6) is 0 Å². The average molecular weight is 250 g/mol. The highest BCUT2D eigenvalue weighted by atomic mass is 15.3. The maximum atomic E-state index is 3.32. The van der Waals surface area contributed by atoms with E-state index in [9.17, 15) is 0 Å². The Hall–Kier alpha value is -0.520. The number of nitrogens with zero attached hydrogens (tertiary/aromatic N) is 2. The number of hydrogen-bond acceptors (Lipinski definition) is 2. The summed E-state index contributed by atoms with van der Waals surface area (Å²) in [5.74, 6) is 6.63. The minimum atomic E-state index is 0.133. The molecule has 0 aromatic carbocycles. The van der Waals surface area contributed by atoms with Crippen molar-refractivity contribution in [2.75, 3.05) is 39.3 Å². The molecule has 0 atom stereocenters. The van der Waals surface area contributed by atoms with Crippen molar-refractivity contribution in [3.8, 4) is 11.8 Å². The van der Waals surface area contributed by atoms with Gasteiger partial charge in [0.05, 0.1) is 6.54 Å². The summed E-state index contributed by atoms with van der Waals surface area (Å²) in [5.41, 5.74) is 0.544. The zero-order valence-electron chi connectivity index (χ0n) is 13.1. The molecule has 0 aliphatic carbocycles. The van der Waals surface area contributed by atoms with Crippen molar-refractivity contribution in [2.45, 2.75) is 41.5 Å². The molecule has 0 N–H and O–H groups in total. The first-order chi connectivity index (χ1) is 8.16. The van der Waals surface area contributed by atoms with Crippen molar-refractivity contribution in [3.05, 3.63) is 0 Å². The van der Waals surface area contributed by atoms with Gasteiger partial charge in [-0.3, -0.25) is 4.90 Å². The molecular weight excluding hydrogens is 220 g/mol. The van der Waals surface area contributed by atoms with E-state index >= 15 is 0 Å². The molecule has 0 unspecified atom stereocenters. The lowest BCUT2D eigenvalue weighted by molar-refractivity contribution is 0.110. The lowest BCUT2D eigenvalue weighted by Gasteiger charge is -2.37. The van der Waals surface area contributed by atoms with Gasteiger partial charge in [0.15, 0.2) is 0 Å². The molecule has 1 aliphatic heterocycles. The van der Waals surface area contributed by atoms with Crippen LogP contribution in [0.15, 0.2) is 0 Å². The summed E-state index contributed by atoms with van der Waals surface area (Å²) in [7, 11) is 0. The van der Waals surface area contributed by atoms with Gasteiger partial charge >= 0.3 is 0 Å². The summed E-state index contributed by atoms with van der Waals surface area (Å²) < 4.78 is 0. The lowest BCUT2D eigenvalue weighted by Crippen LogP contribution is -2.48. The standard InChI is InChI=1S/C16H30N2/c1-15(2,3)8-7-9-17-10-12-18(13-11-17)14-16(4,5)6/h9-14H2,1-6H3. The normalized spacial score (nSPS) is 19.4. The Morgan fingerprint density at radius 1 is 0.833 bits per heavy atom. The summed E-state index contributed by atoms with van der Waals surface area (Å²) >= 11 is 0. The second-order valence-electron chi connectivity index (χ2n) is 7.66. The summed E-state index contributed by atoms with van der Waals surface area (Å²) in [6.45, 7) is 20.3. The Balaban J connectivity index is 2.29. The van der Waals surface area contributed by atoms with Crippen LogP contribution in [0.2, 0.25) is 0 Å². The fourth-order valence-electron chi connectivity index (χ4n) is 2.19. The SMILES string of the molecule is CC(C)(C)C#CCN1CCN(CC(C)(C)C)CC1. The molecule has 0 amide bonds. The Morgan fingerprint density at radius 3 is 1.78 bits per heavy atom. The molecule has 0 saturated carbocycles. The van der Waals surface area contributed by atoms with Crippen LogP contribution in [0.1, 0.15) is 41.5 Å². The molecule has 1 heterocycles. The highest BCUT2D eigenvalue weighted by Crippen LogP contribution is 2.16. The van der Waals surface area contributed by atoms with Crippen molar-refractivity contribution in [3.63, 3.8) is 0 Å². The Bertz CT molecular complexity index is 301. The van der Waals surface area contributed by atoms with E-state index in [1.54, 1.807) is 0 Å². The van der Waals surface area contributed by atoms with E-state index in [4.69, 9.17) is 0 Å². The van der Waals surface area contributed by atoms with Gasteiger partial charge in [0.1, 0.15) is 0 Å². The van der Waals surface area contributed by atoms with Crippen LogP contribution in [0.25, 0.3) is 0 Å². The molecule has 2 heteroatoms. The van der Waals surface area contributed by atoms with Gasteiger partial charge in [-0.25, -0.2) is 0 Å². The lowest BCUT2D eigenvalue weighted by atomic mass is 9.96. The van der Waals surface area contributed by atoms with Crippen LogP contribution in [0.3, 0.4) is 0 Å². The zero-order chi connectivity index (χ0) is 13.8. The third-order valence-corrected chi connectivity index (χ3v) is 2.93. The minimum absolute atomic E-state index is 0.133. The quantitative estimate of drug-likeness (QED) is 0.695.